The largest absolute Gasteiger partial charge is 0.390 e. The summed E-state index contributed by atoms with van der Waals surface area (Å²) in [6.45, 7) is 7.72. The van der Waals surface area contributed by atoms with E-state index in [-0.39, 0.29) is 11.9 Å². The number of hydrogen-bond donors (Lipinski definition) is 1. The van der Waals surface area contributed by atoms with Crippen LogP contribution in [0.2, 0.25) is 0 Å². The number of aliphatic hydroxyl groups excluding tert-OH is 1. The van der Waals surface area contributed by atoms with Gasteiger partial charge in [-0.3, -0.25) is 14.7 Å². The van der Waals surface area contributed by atoms with Crippen molar-refractivity contribution in [3.05, 3.63) is 65.0 Å². The van der Waals surface area contributed by atoms with E-state index in [1.165, 1.54) is 16.7 Å². The molecule has 36 heavy (non-hydrogen) atoms. The molecule has 2 fully saturated rings. The quantitative estimate of drug-likeness (QED) is 0.644. The molecule has 1 N–H and O–H groups in total. The first kappa shape index (κ1) is 24.7. The molecule has 1 aromatic carbocycles. The maximum absolute atomic E-state index is 13.0. The van der Waals surface area contributed by atoms with Crippen molar-refractivity contribution in [2.24, 2.45) is 0 Å². The minimum atomic E-state index is -0.564. The highest BCUT2D eigenvalue weighted by Gasteiger charge is 2.31. The van der Waals surface area contributed by atoms with Crippen molar-refractivity contribution < 1.29 is 14.7 Å². The summed E-state index contributed by atoms with van der Waals surface area (Å²) < 4.78 is 0. The van der Waals surface area contributed by atoms with Crippen molar-refractivity contribution >= 4 is 11.9 Å². The summed E-state index contributed by atoms with van der Waals surface area (Å²) in [5.74, 6) is 0.581. The first-order chi connectivity index (χ1) is 17.5. The number of amides is 3. The Morgan fingerprint density at radius 2 is 1.75 bits per heavy atom. The van der Waals surface area contributed by atoms with Crippen LogP contribution in [0.1, 0.15) is 48.1 Å². The SMILES string of the molecule is CC(=O)N1CCC(c2ccc(CN3CCN(C[C@H](O)CN4CCc5ccccc5C4)C3=O)nc2)CC1. The number of pyridine rings is 1. The first-order valence-corrected chi connectivity index (χ1v) is 13.2. The molecule has 0 saturated carbocycles. The topological polar surface area (TPSA) is 80.2 Å². The fourth-order valence-electron chi connectivity index (χ4n) is 5.76. The average Bonchev–Trinajstić information content (AvgIpc) is 3.22. The Hall–Kier alpha value is -2.97. The number of urea groups is 1. The van der Waals surface area contributed by atoms with E-state index >= 15 is 0 Å². The molecule has 2 saturated heterocycles. The number of carbonyl (C=O) groups is 2. The number of likely N-dealkylation sites (tertiary alicyclic amines) is 1. The van der Waals surface area contributed by atoms with E-state index in [4.69, 9.17) is 0 Å². The van der Waals surface area contributed by atoms with Gasteiger partial charge in [0.2, 0.25) is 5.91 Å². The predicted molar refractivity (Wildman–Crippen MR) is 137 cm³/mol. The van der Waals surface area contributed by atoms with Crippen LogP contribution in [0.5, 0.6) is 0 Å². The second-order valence-corrected chi connectivity index (χ2v) is 10.4. The summed E-state index contributed by atoms with van der Waals surface area (Å²) in [4.78, 5) is 36.9. The Balaban J connectivity index is 1.08. The maximum Gasteiger partial charge on any atom is 0.320 e. The molecule has 1 atom stereocenters. The first-order valence-electron chi connectivity index (χ1n) is 13.2. The minimum Gasteiger partial charge on any atom is -0.390 e. The summed E-state index contributed by atoms with van der Waals surface area (Å²) in [5.41, 5.74) is 4.82. The number of hydrogen-bond acceptors (Lipinski definition) is 5. The highest BCUT2D eigenvalue weighted by Crippen LogP contribution is 2.28. The predicted octanol–water partition coefficient (Wildman–Crippen LogP) is 2.46. The molecule has 0 bridgehead atoms. The molecule has 5 rings (SSSR count). The zero-order valence-corrected chi connectivity index (χ0v) is 21.2. The maximum atomic E-state index is 13.0. The molecule has 3 aliphatic rings. The molecule has 4 heterocycles. The van der Waals surface area contributed by atoms with Crippen molar-refractivity contribution in [1.82, 2.24) is 24.6 Å². The second kappa shape index (κ2) is 11.0. The van der Waals surface area contributed by atoms with Crippen LogP contribution >= 0.6 is 0 Å². The molecule has 1 aromatic heterocycles. The third-order valence-corrected chi connectivity index (χ3v) is 7.90. The van der Waals surface area contributed by atoms with Crippen LogP contribution in [0.25, 0.3) is 0 Å². The van der Waals surface area contributed by atoms with Gasteiger partial charge in [0.1, 0.15) is 0 Å². The molecule has 192 valence electrons. The van der Waals surface area contributed by atoms with Crippen molar-refractivity contribution in [2.75, 3.05) is 45.8 Å². The lowest BCUT2D eigenvalue weighted by Crippen LogP contribution is -2.43. The third kappa shape index (κ3) is 5.71. The molecular weight excluding hydrogens is 454 g/mol. The summed E-state index contributed by atoms with van der Waals surface area (Å²) >= 11 is 0. The van der Waals surface area contributed by atoms with Crippen molar-refractivity contribution in [3.8, 4) is 0 Å². The molecule has 3 aliphatic heterocycles. The van der Waals surface area contributed by atoms with Crippen LogP contribution in [0.15, 0.2) is 42.6 Å². The Morgan fingerprint density at radius 1 is 1.00 bits per heavy atom. The molecule has 0 radical (unpaired) electrons. The van der Waals surface area contributed by atoms with E-state index in [9.17, 15) is 14.7 Å². The van der Waals surface area contributed by atoms with Crippen LogP contribution in [0, 0.1) is 0 Å². The number of fused-ring (bicyclic) bond motifs is 1. The number of aromatic nitrogens is 1. The van der Waals surface area contributed by atoms with Gasteiger partial charge >= 0.3 is 6.03 Å². The van der Waals surface area contributed by atoms with E-state index in [1.54, 1.807) is 11.8 Å². The summed E-state index contributed by atoms with van der Waals surface area (Å²) in [7, 11) is 0. The van der Waals surface area contributed by atoms with Crippen molar-refractivity contribution in [2.45, 2.75) is 51.3 Å². The Kier molecular flexibility index (Phi) is 7.53. The normalized spacial score (nSPS) is 20.1. The molecule has 0 unspecified atom stereocenters. The third-order valence-electron chi connectivity index (χ3n) is 7.90. The Bertz CT molecular complexity index is 1070. The highest BCUT2D eigenvalue weighted by atomic mass is 16.3. The smallest absolute Gasteiger partial charge is 0.320 e. The average molecular weight is 492 g/mol. The van der Waals surface area contributed by atoms with Crippen molar-refractivity contribution in [1.29, 1.82) is 0 Å². The summed E-state index contributed by atoms with van der Waals surface area (Å²) in [6.07, 6.45) is 4.30. The van der Waals surface area contributed by atoms with Gasteiger partial charge in [0.25, 0.3) is 0 Å². The molecule has 8 nitrogen and oxygen atoms in total. The molecule has 2 aromatic rings. The van der Waals surface area contributed by atoms with Crippen LogP contribution in [0.4, 0.5) is 4.79 Å². The van der Waals surface area contributed by atoms with E-state index in [0.29, 0.717) is 38.6 Å². The summed E-state index contributed by atoms with van der Waals surface area (Å²) in [5, 5.41) is 10.7. The number of aliphatic hydroxyl groups is 1. The van der Waals surface area contributed by atoms with E-state index < -0.39 is 6.10 Å². The lowest BCUT2D eigenvalue weighted by atomic mass is 9.90. The van der Waals surface area contributed by atoms with Crippen LogP contribution in [-0.4, -0.2) is 93.5 Å². The molecule has 3 amide bonds. The number of nitrogens with zero attached hydrogens (tertiary/aromatic N) is 5. The van der Waals surface area contributed by atoms with Gasteiger partial charge in [-0.05, 0) is 47.9 Å². The van der Waals surface area contributed by atoms with Gasteiger partial charge in [-0.25, -0.2) is 4.79 Å². The molecule has 0 spiro atoms. The van der Waals surface area contributed by atoms with Crippen LogP contribution in [0.3, 0.4) is 0 Å². The molecule has 0 aliphatic carbocycles. The molecule has 8 heteroatoms. The zero-order valence-electron chi connectivity index (χ0n) is 21.2. The fourth-order valence-corrected chi connectivity index (χ4v) is 5.76. The number of benzene rings is 1. The number of rotatable bonds is 7. The van der Waals surface area contributed by atoms with Gasteiger partial charge in [-0.1, -0.05) is 30.3 Å². The number of β-amino-alcohol motifs (C(OH)–C–C–N with tert-alkyl or cyclic N) is 1. The second-order valence-electron chi connectivity index (χ2n) is 10.4. The fraction of sp³-hybridized carbons (Fsp3) is 0.536. The van der Waals surface area contributed by atoms with E-state index in [2.05, 4.69) is 40.2 Å². The number of carbonyl (C=O) groups excluding carboxylic acids is 2. The van der Waals surface area contributed by atoms with Gasteiger partial charge in [0.15, 0.2) is 0 Å². The summed E-state index contributed by atoms with van der Waals surface area (Å²) in [6, 6.07) is 12.6. The van der Waals surface area contributed by atoms with Crippen LogP contribution in [-0.2, 0) is 24.3 Å². The Labute approximate surface area is 213 Å². The lowest BCUT2D eigenvalue weighted by molar-refractivity contribution is -0.129. The standard InChI is InChI=1S/C28H37N5O3/c1-21(34)31-12-9-23(10-13-31)24-6-7-26(29-16-24)18-32-14-15-33(28(32)36)20-27(35)19-30-11-8-22-4-2-3-5-25(22)17-30/h2-7,16,23,27,35H,8-15,17-20H2,1H3/t27-/m1/s1. The monoisotopic (exact) mass is 491 g/mol. The van der Waals surface area contributed by atoms with Gasteiger partial charge in [-0.15, -0.1) is 0 Å². The minimum absolute atomic E-state index is 0.0273. The van der Waals surface area contributed by atoms with E-state index in [1.807, 2.05) is 22.1 Å². The molecular formula is C28H37N5O3. The van der Waals surface area contributed by atoms with Gasteiger partial charge in [-0.2, -0.15) is 0 Å². The number of piperidine rings is 1. The van der Waals surface area contributed by atoms with Crippen LogP contribution < -0.4 is 0 Å². The highest BCUT2D eigenvalue weighted by molar-refractivity contribution is 5.76. The van der Waals surface area contributed by atoms with Gasteiger partial charge in [0.05, 0.1) is 18.3 Å². The van der Waals surface area contributed by atoms with Gasteiger partial charge < -0.3 is 19.8 Å². The Morgan fingerprint density at radius 3 is 2.47 bits per heavy atom. The van der Waals surface area contributed by atoms with Gasteiger partial charge in [0, 0.05) is 65.5 Å². The lowest BCUT2D eigenvalue weighted by Gasteiger charge is -2.31. The zero-order chi connectivity index (χ0) is 25.1. The van der Waals surface area contributed by atoms with Crippen molar-refractivity contribution in [3.63, 3.8) is 0 Å². The van der Waals surface area contributed by atoms with E-state index in [0.717, 1.165) is 51.1 Å².